The van der Waals surface area contributed by atoms with Crippen molar-refractivity contribution in [3.63, 3.8) is 0 Å². The lowest BCUT2D eigenvalue weighted by atomic mass is 10.0. The van der Waals surface area contributed by atoms with Crippen LogP contribution in [0.4, 0.5) is 13.2 Å². The summed E-state index contributed by atoms with van der Waals surface area (Å²) in [7, 11) is 0. The Morgan fingerprint density at radius 1 is 1.27 bits per heavy atom. The van der Waals surface area contributed by atoms with Crippen LogP contribution in [0.5, 0.6) is 0 Å². The van der Waals surface area contributed by atoms with Gasteiger partial charge in [-0.15, -0.1) is 0 Å². The lowest BCUT2D eigenvalue weighted by Gasteiger charge is -2.27. The van der Waals surface area contributed by atoms with Gasteiger partial charge in [-0.3, -0.25) is 9.89 Å². The van der Waals surface area contributed by atoms with Gasteiger partial charge >= 0.3 is 12.1 Å². The molecule has 26 heavy (non-hydrogen) atoms. The van der Waals surface area contributed by atoms with Crippen molar-refractivity contribution in [3.05, 3.63) is 52.3 Å². The van der Waals surface area contributed by atoms with Gasteiger partial charge in [-0.05, 0) is 31.2 Å². The molecule has 2 heterocycles. The zero-order chi connectivity index (χ0) is 18.9. The van der Waals surface area contributed by atoms with Crippen molar-refractivity contribution in [2.45, 2.75) is 26.1 Å². The number of aromatic amines is 1. The molecule has 1 aromatic heterocycles. The number of ether oxygens (including phenoxy) is 1. The molecule has 0 radical (unpaired) electrons. The molecular formula is C17H16F3N3O3. The summed E-state index contributed by atoms with van der Waals surface area (Å²) in [5, 5.41) is 6.73. The number of esters is 1. The fourth-order valence-electron chi connectivity index (χ4n) is 2.82. The van der Waals surface area contributed by atoms with E-state index in [1.54, 1.807) is 6.92 Å². The van der Waals surface area contributed by atoms with Crippen LogP contribution in [0.3, 0.4) is 0 Å². The number of carbonyl (C=O) groups is 2. The zero-order valence-corrected chi connectivity index (χ0v) is 13.9. The van der Waals surface area contributed by atoms with Gasteiger partial charge in [-0.1, -0.05) is 0 Å². The number of aromatic nitrogens is 2. The molecule has 1 aromatic carbocycles. The first kappa shape index (κ1) is 18.0. The first-order valence-corrected chi connectivity index (χ1v) is 8.01. The largest absolute Gasteiger partial charge is 0.461 e. The maximum atomic E-state index is 12.6. The van der Waals surface area contributed by atoms with Gasteiger partial charge in [0.25, 0.3) is 5.91 Å². The zero-order valence-electron chi connectivity index (χ0n) is 13.9. The number of rotatable bonds is 3. The Morgan fingerprint density at radius 3 is 2.58 bits per heavy atom. The van der Waals surface area contributed by atoms with Crippen molar-refractivity contribution in [1.29, 1.82) is 0 Å². The first-order chi connectivity index (χ1) is 12.3. The van der Waals surface area contributed by atoms with Crippen molar-refractivity contribution in [2.24, 2.45) is 0 Å². The number of halogens is 3. The average molecular weight is 367 g/mol. The number of benzene rings is 1. The summed E-state index contributed by atoms with van der Waals surface area (Å²) in [6.45, 7) is 2.39. The number of alkyl halides is 3. The van der Waals surface area contributed by atoms with Gasteiger partial charge in [0, 0.05) is 29.8 Å². The van der Waals surface area contributed by atoms with Crippen LogP contribution in [0.15, 0.2) is 24.3 Å². The molecular weight excluding hydrogens is 351 g/mol. The van der Waals surface area contributed by atoms with Crippen molar-refractivity contribution in [2.75, 3.05) is 13.2 Å². The number of hydrogen-bond donors (Lipinski definition) is 1. The molecule has 0 atom stereocenters. The van der Waals surface area contributed by atoms with Gasteiger partial charge < -0.3 is 9.64 Å². The third-order valence-electron chi connectivity index (χ3n) is 4.15. The number of nitrogens with one attached hydrogen (secondary N) is 1. The third kappa shape index (κ3) is 3.42. The quantitative estimate of drug-likeness (QED) is 0.847. The van der Waals surface area contributed by atoms with Gasteiger partial charge in [0.15, 0.2) is 5.69 Å². The van der Waals surface area contributed by atoms with Crippen LogP contribution in [0.25, 0.3) is 0 Å². The third-order valence-corrected chi connectivity index (χ3v) is 4.15. The van der Waals surface area contributed by atoms with Crippen molar-refractivity contribution < 1.29 is 27.5 Å². The molecule has 0 unspecified atom stereocenters. The molecule has 1 aliphatic rings. The molecule has 1 N–H and O–H groups in total. The van der Waals surface area contributed by atoms with Crippen LogP contribution in [0.2, 0.25) is 0 Å². The Kier molecular flexibility index (Phi) is 4.71. The lowest BCUT2D eigenvalue weighted by molar-refractivity contribution is -0.137. The van der Waals surface area contributed by atoms with Crippen molar-refractivity contribution >= 4 is 11.9 Å². The highest BCUT2D eigenvalue weighted by molar-refractivity contribution is 5.95. The lowest BCUT2D eigenvalue weighted by Crippen LogP contribution is -2.36. The van der Waals surface area contributed by atoms with Gasteiger partial charge in [0.2, 0.25) is 0 Å². The van der Waals surface area contributed by atoms with Crippen molar-refractivity contribution in [3.8, 4) is 0 Å². The van der Waals surface area contributed by atoms with Crippen LogP contribution >= 0.6 is 0 Å². The molecule has 0 saturated carbocycles. The maximum absolute atomic E-state index is 12.6. The monoisotopic (exact) mass is 367 g/mol. The van der Waals surface area contributed by atoms with Crippen LogP contribution in [0, 0.1) is 0 Å². The SMILES string of the molecule is CCOC(=O)c1n[nH]c2c1CN(C(=O)c1ccc(C(F)(F)F)cc1)CC2. The number of fused-ring (bicyclic) bond motifs is 1. The number of nitrogens with zero attached hydrogens (tertiary/aromatic N) is 2. The molecule has 138 valence electrons. The summed E-state index contributed by atoms with van der Waals surface area (Å²) in [6.07, 6.45) is -3.99. The van der Waals surface area contributed by atoms with E-state index in [0.29, 0.717) is 18.5 Å². The summed E-state index contributed by atoms with van der Waals surface area (Å²) in [5.41, 5.74) is 0.809. The fourth-order valence-corrected chi connectivity index (χ4v) is 2.82. The minimum atomic E-state index is -4.45. The van der Waals surface area contributed by atoms with E-state index in [9.17, 15) is 22.8 Å². The summed E-state index contributed by atoms with van der Waals surface area (Å²) in [6, 6.07) is 4.07. The van der Waals surface area contributed by atoms with Crippen LogP contribution in [0.1, 0.15) is 44.6 Å². The normalized spacial score (nSPS) is 14.1. The van der Waals surface area contributed by atoms with Crippen LogP contribution < -0.4 is 0 Å². The van der Waals surface area contributed by atoms with Crippen molar-refractivity contribution in [1.82, 2.24) is 15.1 Å². The topological polar surface area (TPSA) is 75.3 Å². The van der Waals surface area contributed by atoms with E-state index >= 15 is 0 Å². The summed E-state index contributed by atoms with van der Waals surface area (Å²) >= 11 is 0. The highest BCUT2D eigenvalue weighted by Gasteiger charge is 2.31. The predicted octanol–water partition coefficient (Wildman–Crippen LogP) is 2.80. The molecule has 2 aromatic rings. The molecule has 0 aliphatic carbocycles. The molecule has 3 rings (SSSR count). The predicted molar refractivity (Wildman–Crippen MR) is 84.4 cm³/mol. The van der Waals surface area contributed by atoms with Gasteiger partial charge in [0.1, 0.15) is 0 Å². The van der Waals surface area contributed by atoms with E-state index in [4.69, 9.17) is 4.74 Å². The summed E-state index contributed by atoms with van der Waals surface area (Å²) < 4.78 is 42.9. The Morgan fingerprint density at radius 2 is 1.96 bits per heavy atom. The van der Waals surface area contributed by atoms with Gasteiger partial charge in [-0.2, -0.15) is 18.3 Å². The molecule has 0 spiro atoms. The summed E-state index contributed by atoms with van der Waals surface area (Å²) in [5.74, 6) is -0.978. The molecule has 1 amide bonds. The van der Waals surface area contributed by atoms with Crippen LogP contribution in [-0.4, -0.2) is 40.1 Å². The highest BCUT2D eigenvalue weighted by atomic mass is 19.4. The molecule has 0 fully saturated rings. The fraction of sp³-hybridized carbons (Fsp3) is 0.353. The highest BCUT2D eigenvalue weighted by Crippen LogP contribution is 2.29. The second-order valence-corrected chi connectivity index (χ2v) is 5.80. The van der Waals surface area contributed by atoms with E-state index < -0.39 is 23.6 Å². The number of hydrogen-bond acceptors (Lipinski definition) is 4. The first-order valence-electron chi connectivity index (χ1n) is 8.01. The standard InChI is InChI=1S/C17H16F3N3O3/c1-2-26-16(25)14-12-9-23(8-7-13(12)21-22-14)15(24)10-3-5-11(6-4-10)17(18,19)20/h3-6H,2,7-9H2,1H3,(H,21,22). The van der Waals surface area contributed by atoms with E-state index in [2.05, 4.69) is 10.2 Å². The molecule has 1 aliphatic heterocycles. The second kappa shape index (κ2) is 6.81. The van der Waals surface area contributed by atoms with E-state index in [1.807, 2.05) is 0 Å². The average Bonchev–Trinajstić information content (AvgIpc) is 3.04. The molecule has 0 bridgehead atoms. The van der Waals surface area contributed by atoms with E-state index in [-0.39, 0.29) is 24.4 Å². The molecule has 0 saturated heterocycles. The van der Waals surface area contributed by atoms with Crippen LogP contribution in [-0.2, 0) is 23.9 Å². The summed E-state index contributed by atoms with van der Waals surface area (Å²) in [4.78, 5) is 26.0. The molecule has 6 nitrogen and oxygen atoms in total. The Balaban J connectivity index is 1.79. The Bertz CT molecular complexity index is 828. The Hall–Kier alpha value is -2.84. The number of H-pyrrole nitrogens is 1. The smallest absolute Gasteiger partial charge is 0.416 e. The minimum Gasteiger partial charge on any atom is -0.461 e. The van der Waals surface area contributed by atoms with E-state index in [0.717, 1.165) is 30.0 Å². The molecule has 9 heteroatoms. The minimum absolute atomic E-state index is 0.131. The Labute approximate surface area is 146 Å². The van der Waals surface area contributed by atoms with Gasteiger partial charge in [-0.25, -0.2) is 4.79 Å². The van der Waals surface area contributed by atoms with E-state index in [1.165, 1.54) is 4.90 Å². The number of carbonyl (C=O) groups excluding carboxylic acids is 2. The number of amides is 1. The maximum Gasteiger partial charge on any atom is 0.416 e. The van der Waals surface area contributed by atoms with Gasteiger partial charge in [0.05, 0.1) is 18.7 Å². The second-order valence-electron chi connectivity index (χ2n) is 5.80.